The smallest absolute Gasteiger partial charge is 0.266 e. The fraction of sp³-hybridized carbons (Fsp3) is 0.154. The van der Waals surface area contributed by atoms with Crippen LogP contribution in [-0.4, -0.2) is 13.0 Å². The summed E-state index contributed by atoms with van der Waals surface area (Å²) in [5.74, 6) is 0.488. The maximum atomic E-state index is 12.6. The molecule has 0 unspecified atom stereocenters. The maximum absolute atomic E-state index is 12.6. The van der Waals surface area contributed by atoms with Gasteiger partial charge < -0.3 is 14.8 Å². The van der Waals surface area contributed by atoms with Gasteiger partial charge in [-0.2, -0.15) is 5.26 Å². The molecule has 0 aliphatic heterocycles. The Morgan fingerprint density at radius 2 is 1.85 bits per heavy atom. The van der Waals surface area contributed by atoms with Crippen LogP contribution in [0.3, 0.4) is 0 Å². The lowest BCUT2D eigenvalue weighted by atomic mass is 10.1. The predicted octanol–water partition coefficient (Wildman–Crippen LogP) is 6.85. The number of hydrogen-bond donors (Lipinski definition) is 1. The van der Waals surface area contributed by atoms with E-state index in [-0.39, 0.29) is 5.57 Å². The topological polar surface area (TPSA) is 71.3 Å². The first kappa shape index (κ1) is 24.4. The molecule has 0 aliphatic rings. The number of rotatable bonds is 7. The number of amides is 1. The van der Waals surface area contributed by atoms with E-state index in [1.807, 2.05) is 44.2 Å². The van der Waals surface area contributed by atoms with E-state index in [2.05, 4.69) is 21.2 Å². The number of nitrogens with zero attached hydrogens (tertiary/aromatic N) is 1. The Morgan fingerprint density at radius 3 is 2.48 bits per heavy atom. The molecule has 3 aromatic rings. The summed E-state index contributed by atoms with van der Waals surface area (Å²) in [4.78, 5) is 12.6. The molecule has 0 saturated carbocycles. The van der Waals surface area contributed by atoms with Gasteiger partial charge in [-0.05, 0) is 60.9 Å². The zero-order valence-corrected chi connectivity index (χ0v) is 20.8. The van der Waals surface area contributed by atoms with E-state index in [1.165, 1.54) is 18.7 Å². The van der Waals surface area contributed by atoms with Gasteiger partial charge in [0.1, 0.15) is 18.2 Å². The van der Waals surface area contributed by atoms with E-state index in [9.17, 15) is 10.1 Å². The number of nitrogens with one attached hydrogen (secondary N) is 1. The Bertz CT molecular complexity index is 1250. The Balaban J connectivity index is 1.81. The molecule has 0 bridgehead atoms. The molecule has 0 atom stereocenters. The summed E-state index contributed by atoms with van der Waals surface area (Å²) in [5.41, 5.74) is 4.14. The number of aryl methyl sites for hydroxylation is 2. The lowest BCUT2D eigenvalue weighted by molar-refractivity contribution is -0.112. The minimum Gasteiger partial charge on any atom is -0.493 e. The molecular weight excluding hydrogens is 504 g/mol. The number of methoxy groups -OCH3 is 1. The van der Waals surface area contributed by atoms with Crippen molar-refractivity contribution in [3.05, 3.63) is 91.9 Å². The molecule has 33 heavy (non-hydrogen) atoms. The zero-order chi connectivity index (χ0) is 24.0. The summed E-state index contributed by atoms with van der Waals surface area (Å²) in [5, 5.41) is 12.8. The Hall–Kier alpha value is -3.27. The quantitative estimate of drug-likeness (QED) is 0.270. The molecule has 0 heterocycles. The molecule has 1 amide bonds. The third kappa shape index (κ3) is 6.38. The van der Waals surface area contributed by atoms with Crippen LogP contribution in [0.2, 0.25) is 5.02 Å². The molecule has 0 fully saturated rings. The summed E-state index contributed by atoms with van der Waals surface area (Å²) in [7, 11) is 1.54. The number of carbonyl (C=O) groups excluding carboxylic acids is 1. The summed E-state index contributed by atoms with van der Waals surface area (Å²) >= 11 is 9.62. The molecule has 3 aromatic carbocycles. The summed E-state index contributed by atoms with van der Waals surface area (Å²) in [6, 6.07) is 18.7. The fourth-order valence-corrected chi connectivity index (χ4v) is 3.57. The number of halogens is 2. The van der Waals surface area contributed by atoms with E-state index in [1.54, 1.807) is 30.3 Å². The van der Waals surface area contributed by atoms with Gasteiger partial charge in [0.2, 0.25) is 0 Å². The van der Waals surface area contributed by atoms with E-state index >= 15 is 0 Å². The van der Waals surface area contributed by atoms with Crippen LogP contribution in [-0.2, 0) is 11.4 Å². The van der Waals surface area contributed by atoms with Gasteiger partial charge in [-0.15, -0.1) is 0 Å². The lowest BCUT2D eigenvalue weighted by Gasteiger charge is -2.13. The molecule has 168 valence electrons. The van der Waals surface area contributed by atoms with Crippen molar-refractivity contribution in [1.82, 2.24) is 0 Å². The third-order valence-electron chi connectivity index (χ3n) is 4.89. The highest BCUT2D eigenvalue weighted by atomic mass is 79.9. The van der Waals surface area contributed by atoms with Gasteiger partial charge in [0, 0.05) is 15.2 Å². The van der Waals surface area contributed by atoms with Crippen LogP contribution in [0.25, 0.3) is 6.08 Å². The van der Waals surface area contributed by atoms with Crippen LogP contribution < -0.4 is 14.8 Å². The van der Waals surface area contributed by atoms with Gasteiger partial charge in [0.15, 0.2) is 11.5 Å². The molecule has 0 radical (unpaired) electrons. The largest absolute Gasteiger partial charge is 0.493 e. The predicted molar refractivity (Wildman–Crippen MR) is 135 cm³/mol. The molecule has 0 aromatic heterocycles. The second-order valence-electron chi connectivity index (χ2n) is 7.39. The fourth-order valence-electron chi connectivity index (χ4n) is 2.95. The van der Waals surface area contributed by atoms with Crippen molar-refractivity contribution in [1.29, 1.82) is 5.26 Å². The van der Waals surface area contributed by atoms with E-state index in [0.29, 0.717) is 38.9 Å². The van der Waals surface area contributed by atoms with Crippen molar-refractivity contribution >= 4 is 45.2 Å². The molecular formula is C26H22BrClN2O3. The molecule has 5 nitrogen and oxygen atoms in total. The average molecular weight is 526 g/mol. The van der Waals surface area contributed by atoms with Crippen molar-refractivity contribution in [3.63, 3.8) is 0 Å². The minimum absolute atomic E-state index is 0.0669. The van der Waals surface area contributed by atoms with Crippen molar-refractivity contribution in [2.45, 2.75) is 20.5 Å². The molecule has 0 spiro atoms. The number of carbonyl (C=O) groups is 1. The lowest BCUT2D eigenvalue weighted by Crippen LogP contribution is -2.13. The molecule has 1 N–H and O–H groups in total. The highest BCUT2D eigenvalue weighted by Crippen LogP contribution is 2.35. The zero-order valence-electron chi connectivity index (χ0n) is 18.4. The normalized spacial score (nSPS) is 11.0. The van der Waals surface area contributed by atoms with Gasteiger partial charge in [-0.25, -0.2) is 0 Å². The van der Waals surface area contributed by atoms with Crippen LogP contribution >= 0.6 is 27.5 Å². The maximum Gasteiger partial charge on any atom is 0.266 e. The second kappa shape index (κ2) is 11.0. The Labute approximate surface area is 206 Å². The summed E-state index contributed by atoms with van der Waals surface area (Å²) in [6.07, 6.45) is 1.49. The van der Waals surface area contributed by atoms with Crippen LogP contribution in [0.4, 0.5) is 5.69 Å². The SMILES string of the molecule is COc1cc(/C=C(/C#N)C(=O)Nc2ccc(C)c(Cl)c2)c(Br)cc1OCc1ccc(C)cc1. The van der Waals surface area contributed by atoms with Gasteiger partial charge in [-0.3, -0.25) is 4.79 Å². The molecule has 0 saturated heterocycles. The minimum atomic E-state index is -0.539. The van der Waals surface area contributed by atoms with Crippen molar-refractivity contribution in [2.75, 3.05) is 12.4 Å². The monoisotopic (exact) mass is 524 g/mol. The van der Waals surface area contributed by atoms with Gasteiger partial charge in [0.05, 0.1) is 7.11 Å². The number of anilines is 1. The van der Waals surface area contributed by atoms with Crippen LogP contribution in [0, 0.1) is 25.2 Å². The first-order chi connectivity index (χ1) is 15.8. The van der Waals surface area contributed by atoms with Crippen LogP contribution in [0.15, 0.2) is 64.6 Å². The highest BCUT2D eigenvalue weighted by molar-refractivity contribution is 9.10. The molecule has 0 aliphatic carbocycles. The Kier molecular flexibility index (Phi) is 8.16. The van der Waals surface area contributed by atoms with E-state index in [4.69, 9.17) is 21.1 Å². The van der Waals surface area contributed by atoms with Crippen molar-refractivity contribution in [2.24, 2.45) is 0 Å². The van der Waals surface area contributed by atoms with Crippen molar-refractivity contribution in [3.8, 4) is 17.6 Å². The van der Waals surface area contributed by atoms with Crippen molar-refractivity contribution < 1.29 is 14.3 Å². The van der Waals surface area contributed by atoms with Crippen LogP contribution in [0.5, 0.6) is 11.5 Å². The highest BCUT2D eigenvalue weighted by Gasteiger charge is 2.14. The summed E-state index contributed by atoms with van der Waals surface area (Å²) in [6.45, 7) is 4.28. The van der Waals surface area contributed by atoms with Crippen LogP contribution in [0.1, 0.15) is 22.3 Å². The van der Waals surface area contributed by atoms with Gasteiger partial charge in [-0.1, -0.05) is 63.4 Å². The average Bonchev–Trinajstić information content (AvgIpc) is 2.80. The number of nitriles is 1. The number of ether oxygens (including phenoxy) is 2. The van der Waals surface area contributed by atoms with E-state index < -0.39 is 5.91 Å². The first-order valence-corrected chi connectivity index (χ1v) is 11.2. The first-order valence-electron chi connectivity index (χ1n) is 10.1. The van der Waals surface area contributed by atoms with Gasteiger partial charge in [0.25, 0.3) is 5.91 Å². The third-order valence-corrected chi connectivity index (χ3v) is 5.99. The van der Waals surface area contributed by atoms with Gasteiger partial charge >= 0.3 is 0 Å². The number of hydrogen-bond acceptors (Lipinski definition) is 4. The standard InChI is InChI=1S/C26H22BrClN2O3/c1-16-4-7-18(8-5-16)15-33-25-13-22(27)19(11-24(25)32-3)10-20(14-29)26(31)30-21-9-6-17(2)23(28)12-21/h4-13H,15H2,1-3H3,(H,30,31)/b20-10-. The molecule has 3 rings (SSSR count). The molecule has 7 heteroatoms. The van der Waals surface area contributed by atoms with E-state index in [0.717, 1.165) is 11.1 Å². The number of benzene rings is 3. The Morgan fingerprint density at radius 1 is 1.12 bits per heavy atom. The second-order valence-corrected chi connectivity index (χ2v) is 8.65. The summed E-state index contributed by atoms with van der Waals surface area (Å²) < 4.78 is 12.1.